The normalized spacial score (nSPS) is 24.3. The lowest BCUT2D eigenvalue weighted by atomic mass is 9.87. The monoisotopic (exact) mass is 252 g/mol. The van der Waals surface area contributed by atoms with Gasteiger partial charge in [0.25, 0.3) is 0 Å². The molecule has 1 aromatic rings. The van der Waals surface area contributed by atoms with Crippen LogP contribution in [-0.4, -0.2) is 11.2 Å². The van der Waals surface area contributed by atoms with Crippen molar-refractivity contribution < 1.29 is 4.42 Å². The molecule has 4 heteroatoms. The van der Waals surface area contributed by atoms with E-state index in [1.807, 2.05) is 12.1 Å². The fraction of sp³-hybridized carbons (Fsp3) is 0.615. The highest BCUT2D eigenvalue weighted by Gasteiger charge is 2.18. The molecule has 0 spiro atoms. The molecule has 0 saturated heterocycles. The third-order valence-electron chi connectivity index (χ3n) is 3.35. The molecular weight excluding hydrogens is 232 g/mol. The fourth-order valence-corrected chi connectivity index (χ4v) is 2.46. The first-order valence-corrected chi connectivity index (χ1v) is 6.71. The van der Waals surface area contributed by atoms with Crippen molar-refractivity contribution in [2.45, 2.75) is 45.2 Å². The fourth-order valence-electron chi connectivity index (χ4n) is 2.22. The van der Waals surface area contributed by atoms with Crippen LogP contribution >= 0.6 is 12.2 Å². The summed E-state index contributed by atoms with van der Waals surface area (Å²) in [5, 5.41) is 7.29. The number of nitrogens with one attached hydrogen (secondary N) is 2. The number of hydrogen-bond donors (Lipinski definition) is 2. The van der Waals surface area contributed by atoms with Crippen LogP contribution in [0, 0.1) is 5.92 Å². The van der Waals surface area contributed by atoms with Crippen LogP contribution in [0.5, 0.6) is 0 Å². The Morgan fingerprint density at radius 2 is 2.18 bits per heavy atom. The number of thiocarbonyl (C=S) groups is 1. The summed E-state index contributed by atoms with van der Waals surface area (Å²) in [6, 6.07) is 4.37. The second-order valence-electron chi connectivity index (χ2n) is 4.86. The van der Waals surface area contributed by atoms with Crippen molar-refractivity contribution in [2.24, 2.45) is 5.92 Å². The van der Waals surface area contributed by atoms with E-state index in [-0.39, 0.29) is 0 Å². The Morgan fingerprint density at radius 3 is 2.82 bits per heavy atom. The molecule has 0 radical (unpaired) electrons. The lowest BCUT2D eigenvalue weighted by Crippen LogP contribution is -2.43. The summed E-state index contributed by atoms with van der Waals surface area (Å²) in [5.74, 6) is 1.78. The predicted octanol–water partition coefficient (Wildman–Crippen LogP) is 2.82. The van der Waals surface area contributed by atoms with Crippen LogP contribution in [0.15, 0.2) is 22.8 Å². The van der Waals surface area contributed by atoms with Gasteiger partial charge in [-0.05, 0) is 56.0 Å². The minimum absolute atomic E-state index is 0.544. The first kappa shape index (κ1) is 12.4. The van der Waals surface area contributed by atoms with Crippen LogP contribution < -0.4 is 10.6 Å². The van der Waals surface area contributed by atoms with Crippen molar-refractivity contribution in [2.75, 3.05) is 0 Å². The van der Waals surface area contributed by atoms with Gasteiger partial charge < -0.3 is 15.1 Å². The standard InChI is InChI=1S/C13H20N2OS/c1-10-4-6-11(7-5-10)15-13(17)14-9-12-3-2-8-16-12/h2-3,8,10-11H,4-7,9H2,1H3,(H2,14,15,17). The van der Waals surface area contributed by atoms with Crippen LogP contribution in [0.2, 0.25) is 0 Å². The zero-order chi connectivity index (χ0) is 12.1. The average molecular weight is 252 g/mol. The van der Waals surface area contributed by atoms with Crippen molar-refractivity contribution >= 4 is 17.3 Å². The van der Waals surface area contributed by atoms with Gasteiger partial charge in [0.1, 0.15) is 5.76 Å². The summed E-state index contributed by atoms with van der Waals surface area (Å²) in [4.78, 5) is 0. The highest BCUT2D eigenvalue weighted by molar-refractivity contribution is 7.80. The van der Waals surface area contributed by atoms with E-state index in [2.05, 4.69) is 17.6 Å². The molecule has 1 saturated carbocycles. The Morgan fingerprint density at radius 1 is 1.41 bits per heavy atom. The van der Waals surface area contributed by atoms with Crippen LogP contribution in [0.1, 0.15) is 38.4 Å². The van der Waals surface area contributed by atoms with Crippen molar-refractivity contribution in [3.63, 3.8) is 0 Å². The third kappa shape index (κ3) is 4.04. The van der Waals surface area contributed by atoms with E-state index in [0.29, 0.717) is 12.6 Å². The van der Waals surface area contributed by atoms with Crippen molar-refractivity contribution in [3.05, 3.63) is 24.2 Å². The quantitative estimate of drug-likeness (QED) is 0.811. The minimum Gasteiger partial charge on any atom is -0.467 e. The molecule has 2 N–H and O–H groups in total. The van der Waals surface area contributed by atoms with E-state index in [1.165, 1.54) is 25.7 Å². The molecule has 0 unspecified atom stereocenters. The van der Waals surface area contributed by atoms with Crippen LogP contribution in [-0.2, 0) is 6.54 Å². The number of hydrogen-bond acceptors (Lipinski definition) is 2. The van der Waals surface area contributed by atoms with Gasteiger partial charge in [0.2, 0.25) is 0 Å². The lowest BCUT2D eigenvalue weighted by Gasteiger charge is -2.27. The molecule has 0 aromatic carbocycles. The Balaban J connectivity index is 1.67. The van der Waals surface area contributed by atoms with Crippen molar-refractivity contribution in [1.82, 2.24) is 10.6 Å². The van der Waals surface area contributed by atoms with Gasteiger partial charge in [-0.15, -0.1) is 0 Å². The smallest absolute Gasteiger partial charge is 0.166 e. The van der Waals surface area contributed by atoms with E-state index in [1.54, 1.807) is 6.26 Å². The zero-order valence-corrected chi connectivity index (χ0v) is 11.1. The predicted molar refractivity (Wildman–Crippen MR) is 72.7 cm³/mol. The maximum absolute atomic E-state index is 5.27. The van der Waals surface area contributed by atoms with Gasteiger partial charge in [0.15, 0.2) is 5.11 Å². The molecule has 3 nitrogen and oxygen atoms in total. The number of furan rings is 1. The van der Waals surface area contributed by atoms with Crippen LogP contribution in [0.25, 0.3) is 0 Å². The Bertz CT molecular complexity index is 342. The lowest BCUT2D eigenvalue weighted by molar-refractivity contribution is 0.330. The van der Waals surface area contributed by atoms with Gasteiger partial charge in [0, 0.05) is 6.04 Å². The summed E-state index contributed by atoms with van der Waals surface area (Å²) in [6.45, 7) is 2.98. The molecule has 1 fully saturated rings. The second-order valence-corrected chi connectivity index (χ2v) is 5.27. The Labute approximate surface area is 108 Å². The van der Waals surface area contributed by atoms with Crippen LogP contribution in [0.3, 0.4) is 0 Å². The second kappa shape index (κ2) is 6.05. The van der Waals surface area contributed by atoms with Gasteiger partial charge in [0.05, 0.1) is 12.8 Å². The molecule has 0 aliphatic heterocycles. The summed E-state index contributed by atoms with van der Waals surface area (Å²) in [5.41, 5.74) is 0. The van der Waals surface area contributed by atoms with E-state index in [4.69, 9.17) is 16.6 Å². The van der Waals surface area contributed by atoms with Crippen molar-refractivity contribution in [3.8, 4) is 0 Å². The minimum atomic E-state index is 0.544. The molecule has 1 aliphatic rings. The molecule has 0 amide bonds. The van der Waals surface area contributed by atoms with Crippen LogP contribution in [0.4, 0.5) is 0 Å². The maximum Gasteiger partial charge on any atom is 0.166 e. The molecular formula is C13H20N2OS. The summed E-state index contributed by atoms with van der Waals surface area (Å²) < 4.78 is 5.24. The molecule has 1 aromatic heterocycles. The van der Waals surface area contributed by atoms with E-state index in [0.717, 1.165) is 16.8 Å². The third-order valence-corrected chi connectivity index (χ3v) is 3.62. The molecule has 17 heavy (non-hydrogen) atoms. The molecule has 94 valence electrons. The maximum atomic E-state index is 5.27. The highest BCUT2D eigenvalue weighted by atomic mass is 32.1. The van der Waals surface area contributed by atoms with E-state index >= 15 is 0 Å². The summed E-state index contributed by atoms with van der Waals surface area (Å²) in [7, 11) is 0. The van der Waals surface area contributed by atoms with E-state index in [9.17, 15) is 0 Å². The van der Waals surface area contributed by atoms with Gasteiger partial charge in [-0.25, -0.2) is 0 Å². The zero-order valence-electron chi connectivity index (χ0n) is 10.2. The van der Waals surface area contributed by atoms with Gasteiger partial charge in [-0.1, -0.05) is 6.92 Å². The van der Waals surface area contributed by atoms with Gasteiger partial charge in [-0.2, -0.15) is 0 Å². The number of rotatable bonds is 3. The first-order chi connectivity index (χ1) is 8.24. The Hall–Kier alpha value is -1.03. The molecule has 1 heterocycles. The topological polar surface area (TPSA) is 37.2 Å². The summed E-state index contributed by atoms with van der Waals surface area (Å²) in [6.07, 6.45) is 6.74. The molecule has 1 aliphatic carbocycles. The van der Waals surface area contributed by atoms with Gasteiger partial charge in [-0.3, -0.25) is 0 Å². The first-order valence-electron chi connectivity index (χ1n) is 6.31. The average Bonchev–Trinajstić information content (AvgIpc) is 2.83. The Kier molecular flexibility index (Phi) is 4.42. The molecule has 2 rings (SSSR count). The van der Waals surface area contributed by atoms with Crippen molar-refractivity contribution in [1.29, 1.82) is 0 Å². The SMILES string of the molecule is CC1CCC(NC(=S)NCc2ccco2)CC1. The van der Waals surface area contributed by atoms with Gasteiger partial charge >= 0.3 is 0 Å². The highest BCUT2D eigenvalue weighted by Crippen LogP contribution is 2.23. The molecule has 0 atom stereocenters. The molecule has 0 bridgehead atoms. The largest absolute Gasteiger partial charge is 0.467 e. The van der Waals surface area contributed by atoms with E-state index < -0.39 is 0 Å². The summed E-state index contributed by atoms with van der Waals surface area (Å²) >= 11 is 5.27.